The minimum Gasteiger partial charge on any atom is -0.274 e. The van der Waals surface area contributed by atoms with Crippen molar-refractivity contribution >= 4 is 29.1 Å². The lowest BCUT2D eigenvalue weighted by molar-refractivity contribution is -0.0756. The van der Waals surface area contributed by atoms with Crippen LogP contribution in [-0.4, -0.2) is 25.1 Å². The highest BCUT2D eigenvalue weighted by Gasteiger charge is 2.45. The number of hydrogen-bond acceptors (Lipinski definition) is 2. The molecule has 4 heteroatoms. The topological polar surface area (TPSA) is 29.5 Å². The fourth-order valence-corrected chi connectivity index (χ4v) is 8.30. The number of rotatable bonds is 7. The molecule has 1 amide bonds. The van der Waals surface area contributed by atoms with Crippen LogP contribution in [0.25, 0.3) is 0 Å². The Kier molecular flexibility index (Phi) is 6.80. The fourth-order valence-electron chi connectivity index (χ4n) is 4.06. The van der Waals surface area contributed by atoms with Gasteiger partial charge in [-0.3, -0.25) is 9.63 Å². The largest absolute Gasteiger partial charge is 0.277 e. The van der Waals surface area contributed by atoms with Crippen LogP contribution in [0.15, 0.2) is 115 Å². The molecule has 32 heavy (non-hydrogen) atoms. The predicted octanol–water partition coefficient (Wildman–Crippen LogP) is 4.81. The molecule has 0 aliphatic carbocycles. The van der Waals surface area contributed by atoms with E-state index in [1.165, 1.54) is 33.7 Å². The molecule has 3 nitrogen and oxygen atoms in total. The van der Waals surface area contributed by atoms with E-state index < -0.39 is 7.26 Å². The Labute approximate surface area is 190 Å². The van der Waals surface area contributed by atoms with Crippen LogP contribution in [0.2, 0.25) is 0 Å². The molecule has 0 aliphatic rings. The summed E-state index contributed by atoms with van der Waals surface area (Å²) in [5.41, 5.74) is 1.81. The van der Waals surface area contributed by atoms with Crippen LogP contribution in [0, 0.1) is 0 Å². The first kappa shape index (κ1) is 22.0. The maximum atomic E-state index is 12.4. The quantitative estimate of drug-likeness (QED) is 0.305. The first-order valence-corrected chi connectivity index (χ1v) is 12.6. The number of hydroxylamine groups is 2. The average molecular weight is 441 g/mol. The van der Waals surface area contributed by atoms with Crippen LogP contribution in [0.5, 0.6) is 0 Å². The number of hydrogen-bond donors (Lipinski definition) is 0. The van der Waals surface area contributed by atoms with Crippen molar-refractivity contribution in [2.75, 3.05) is 14.2 Å². The standard InChI is InChI=1S/C28H27NO2P/c1-29(31-2)28(30)24-20-18-23(19-21-24)22-32(25-12-6-3-7-13-25,26-14-8-4-9-15-26)27-16-10-5-11-17-27/h3-21H,22H2,1-2H3/q+1. The normalized spacial score (nSPS) is 11.2. The third-order valence-corrected chi connectivity index (χ3v) is 10.1. The molecule has 0 spiro atoms. The predicted molar refractivity (Wildman–Crippen MR) is 134 cm³/mol. The second-order valence-electron chi connectivity index (χ2n) is 7.66. The number of amides is 1. The summed E-state index contributed by atoms with van der Waals surface area (Å²) in [6.45, 7) is 0. The monoisotopic (exact) mass is 440 g/mol. The Bertz CT molecular complexity index is 1050. The second-order valence-corrected chi connectivity index (χ2v) is 11.1. The first-order chi connectivity index (χ1) is 15.6. The van der Waals surface area contributed by atoms with E-state index in [-0.39, 0.29) is 5.91 Å². The minimum atomic E-state index is -1.96. The highest BCUT2D eigenvalue weighted by molar-refractivity contribution is 7.95. The molecule has 4 aromatic rings. The van der Waals surface area contributed by atoms with Crippen molar-refractivity contribution in [1.82, 2.24) is 5.06 Å². The Hall–Kier alpha value is -3.26. The molecular weight excluding hydrogens is 413 g/mol. The summed E-state index contributed by atoms with van der Waals surface area (Å²) in [7, 11) is 1.15. The average Bonchev–Trinajstić information content (AvgIpc) is 2.88. The summed E-state index contributed by atoms with van der Waals surface area (Å²) < 4.78 is 0. The van der Waals surface area contributed by atoms with Crippen molar-refractivity contribution in [3.05, 3.63) is 126 Å². The van der Waals surface area contributed by atoms with Crippen LogP contribution < -0.4 is 15.9 Å². The molecule has 0 atom stereocenters. The zero-order valence-corrected chi connectivity index (χ0v) is 19.3. The zero-order chi connectivity index (χ0) is 22.4. The van der Waals surface area contributed by atoms with Gasteiger partial charge >= 0.3 is 0 Å². The van der Waals surface area contributed by atoms with Crippen LogP contribution in [-0.2, 0) is 11.0 Å². The Morgan fingerprint density at radius 3 is 1.47 bits per heavy atom. The van der Waals surface area contributed by atoms with E-state index in [0.29, 0.717) is 5.56 Å². The van der Waals surface area contributed by atoms with Gasteiger partial charge in [0, 0.05) is 12.6 Å². The van der Waals surface area contributed by atoms with E-state index in [2.05, 4.69) is 103 Å². The fraction of sp³-hybridized carbons (Fsp3) is 0.107. The van der Waals surface area contributed by atoms with E-state index >= 15 is 0 Å². The van der Waals surface area contributed by atoms with E-state index in [0.717, 1.165) is 6.16 Å². The van der Waals surface area contributed by atoms with Gasteiger partial charge in [-0.05, 0) is 54.1 Å². The molecule has 160 valence electrons. The lowest BCUT2D eigenvalue weighted by Gasteiger charge is -2.28. The Balaban J connectivity index is 1.84. The maximum Gasteiger partial charge on any atom is 0.277 e. The van der Waals surface area contributed by atoms with Gasteiger partial charge in [-0.1, -0.05) is 66.7 Å². The van der Waals surface area contributed by atoms with Gasteiger partial charge in [0.05, 0.1) is 13.3 Å². The molecule has 0 aromatic heterocycles. The molecule has 0 bridgehead atoms. The summed E-state index contributed by atoms with van der Waals surface area (Å²) >= 11 is 0. The van der Waals surface area contributed by atoms with E-state index in [9.17, 15) is 4.79 Å². The molecule has 0 heterocycles. The molecule has 0 saturated carbocycles. The van der Waals surface area contributed by atoms with E-state index in [1.54, 1.807) is 7.05 Å². The SMILES string of the molecule is CON(C)C(=O)c1ccc(C[P+](c2ccccc2)(c2ccccc2)c2ccccc2)cc1. The Morgan fingerprint density at radius 1 is 0.688 bits per heavy atom. The number of carbonyl (C=O) groups is 1. The van der Waals surface area contributed by atoms with Gasteiger partial charge in [0.25, 0.3) is 5.91 Å². The summed E-state index contributed by atoms with van der Waals surface area (Å²) in [5, 5.41) is 5.27. The second kappa shape index (κ2) is 9.91. The van der Waals surface area contributed by atoms with E-state index in [4.69, 9.17) is 4.84 Å². The molecule has 4 rings (SSSR count). The van der Waals surface area contributed by atoms with Gasteiger partial charge in [0.15, 0.2) is 0 Å². The summed E-state index contributed by atoms with van der Waals surface area (Å²) in [4.78, 5) is 17.5. The van der Waals surface area contributed by atoms with Crippen molar-refractivity contribution < 1.29 is 9.63 Å². The van der Waals surface area contributed by atoms with Crippen molar-refractivity contribution in [3.8, 4) is 0 Å². The van der Waals surface area contributed by atoms with Crippen molar-refractivity contribution in [2.45, 2.75) is 6.16 Å². The third-order valence-electron chi connectivity index (χ3n) is 5.77. The van der Waals surface area contributed by atoms with Gasteiger partial charge in [0.2, 0.25) is 0 Å². The molecule has 0 radical (unpaired) electrons. The maximum absolute atomic E-state index is 12.4. The van der Waals surface area contributed by atoms with Crippen LogP contribution in [0.3, 0.4) is 0 Å². The van der Waals surface area contributed by atoms with Gasteiger partial charge in [-0.15, -0.1) is 0 Å². The summed E-state index contributed by atoms with van der Waals surface area (Å²) in [6.07, 6.45) is 0.875. The van der Waals surface area contributed by atoms with Crippen molar-refractivity contribution in [3.63, 3.8) is 0 Å². The number of benzene rings is 4. The molecule has 0 fully saturated rings. The number of carbonyl (C=O) groups excluding carboxylic acids is 1. The smallest absolute Gasteiger partial charge is 0.274 e. The Morgan fingerprint density at radius 2 is 1.09 bits per heavy atom. The highest BCUT2D eigenvalue weighted by atomic mass is 31.2. The zero-order valence-electron chi connectivity index (χ0n) is 18.4. The molecule has 0 N–H and O–H groups in total. The molecule has 4 aromatic carbocycles. The number of nitrogens with zero attached hydrogens (tertiary/aromatic N) is 1. The summed E-state index contributed by atoms with van der Waals surface area (Å²) in [5.74, 6) is -0.158. The van der Waals surface area contributed by atoms with Crippen LogP contribution in [0.4, 0.5) is 0 Å². The van der Waals surface area contributed by atoms with E-state index in [1.807, 2.05) is 12.1 Å². The molecule has 0 saturated heterocycles. The van der Waals surface area contributed by atoms with Crippen LogP contribution >= 0.6 is 7.26 Å². The molecule has 0 unspecified atom stereocenters. The van der Waals surface area contributed by atoms with Crippen molar-refractivity contribution in [2.24, 2.45) is 0 Å². The minimum absolute atomic E-state index is 0.158. The van der Waals surface area contributed by atoms with Crippen molar-refractivity contribution in [1.29, 1.82) is 0 Å². The first-order valence-electron chi connectivity index (χ1n) is 10.6. The van der Waals surface area contributed by atoms with Gasteiger partial charge in [-0.25, -0.2) is 5.06 Å². The lowest BCUT2D eigenvalue weighted by Crippen LogP contribution is -2.32. The van der Waals surface area contributed by atoms with Gasteiger partial charge < -0.3 is 0 Å². The summed E-state index contributed by atoms with van der Waals surface area (Å²) in [6, 6.07) is 40.4. The van der Waals surface area contributed by atoms with Gasteiger partial charge in [0.1, 0.15) is 23.2 Å². The lowest BCUT2D eigenvalue weighted by atomic mass is 10.1. The molecular formula is C28H27NO2P+. The highest BCUT2D eigenvalue weighted by Crippen LogP contribution is 2.58. The third kappa shape index (κ3) is 4.36. The van der Waals surface area contributed by atoms with Gasteiger partial charge in [-0.2, -0.15) is 0 Å². The molecule has 0 aliphatic heterocycles. The van der Waals surface area contributed by atoms with Crippen LogP contribution in [0.1, 0.15) is 15.9 Å².